The smallest absolute Gasteiger partial charge is 0.282 e. The van der Waals surface area contributed by atoms with Crippen molar-refractivity contribution in [2.45, 2.75) is 19.9 Å². The molecule has 0 spiro atoms. The second kappa shape index (κ2) is 3.44. The number of hydrogen-bond acceptors (Lipinski definition) is 3. The molecule has 0 aliphatic rings. The molecule has 0 aromatic carbocycles. The molecule has 2 aromatic heterocycles. The Bertz CT molecular complexity index is 569. The largest absolute Gasteiger partial charge is 0.295 e. The van der Waals surface area contributed by atoms with Gasteiger partial charge in [0.1, 0.15) is 10.1 Å². The van der Waals surface area contributed by atoms with E-state index in [0.29, 0.717) is 11.0 Å². The minimum Gasteiger partial charge on any atom is -0.295 e. The van der Waals surface area contributed by atoms with Gasteiger partial charge in [0.25, 0.3) is 5.56 Å². The molecule has 0 radical (unpaired) electrons. The maximum atomic E-state index is 12.0. The lowest BCUT2D eigenvalue weighted by atomic mass is 10.3. The Balaban J connectivity index is 2.86. The Labute approximate surface area is 94.9 Å². The number of aryl methyl sites for hydroxylation is 1. The molecule has 0 N–H and O–H groups in total. The molecule has 0 fully saturated rings. The zero-order chi connectivity index (χ0) is 11.2. The van der Waals surface area contributed by atoms with Gasteiger partial charge in [-0.15, -0.1) is 0 Å². The van der Waals surface area contributed by atoms with Crippen molar-refractivity contribution in [1.82, 2.24) is 19.3 Å². The van der Waals surface area contributed by atoms with Crippen LogP contribution in [0, 0.1) is 0 Å². The highest BCUT2D eigenvalue weighted by Gasteiger charge is 2.13. The minimum atomic E-state index is -0.101. The van der Waals surface area contributed by atoms with Gasteiger partial charge in [0, 0.05) is 13.1 Å². The Morgan fingerprint density at radius 3 is 2.67 bits per heavy atom. The van der Waals surface area contributed by atoms with Crippen LogP contribution in [0.2, 0.25) is 0 Å². The molecule has 0 aliphatic carbocycles. The van der Waals surface area contributed by atoms with Crippen LogP contribution in [0.5, 0.6) is 0 Å². The third-order valence-electron chi connectivity index (χ3n) is 2.26. The third-order valence-corrected chi connectivity index (χ3v) is 3.15. The van der Waals surface area contributed by atoms with Crippen molar-refractivity contribution in [1.29, 1.82) is 0 Å². The van der Waals surface area contributed by atoms with Crippen molar-refractivity contribution in [3.63, 3.8) is 0 Å². The molecule has 0 aliphatic heterocycles. The first kappa shape index (κ1) is 10.4. The van der Waals surface area contributed by atoms with Crippen LogP contribution < -0.4 is 5.56 Å². The van der Waals surface area contributed by atoms with E-state index in [4.69, 9.17) is 0 Å². The van der Waals surface area contributed by atoms with Crippen molar-refractivity contribution in [3.8, 4) is 0 Å². The fraction of sp³-hybridized carbons (Fsp3) is 0.444. The van der Waals surface area contributed by atoms with E-state index < -0.39 is 0 Å². The van der Waals surface area contributed by atoms with Crippen LogP contribution in [0.15, 0.2) is 15.7 Å². The Morgan fingerprint density at radius 1 is 1.40 bits per heavy atom. The molecule has 0 saturated carbocycles. The summed E-state index contributed by atoms with van der Waals surface area (Å²) in [6, 6.07) is 0.0928. The van der Waals surface area contributed by atoms with Crippen LogP contribution in [0.4, 0.5) is 0 Å². The van der Waals surface area contributed by atoms with Gasteiger partial charge in [-0.3, -0.25) is 14.0 Å². The molecule has 2 aromatic rings. The normalized spacial score (nSPS) is 11.5. The maximum absolute atomic E-state index is 12.0. The number of halogens is 1. The van der Waals surface area contributed by atoms with Crippen molar-refractivity contribution < 1.29 is 0 Å². The van der Waals surface area contributed by atoms with E-state index in [-0.39, 0.29) is 11.6 Å². The van der Waals surface area contributed by atoms with Crippen molar-refractivity contribution >= 4 is 27.0 Å². The van der Waals surface area contributed by atoms with E-state index in [1.807, 2.05) is 13.8 Å². The van der Waals surface area contributed by atoms with Gasteiger partial charge >= 0.3 is 0 Å². The van der Waals surface area contributed by atoms with Crippen LogP contribution in [-0.4, -0.2) is 19.3 Å². The summed E-state index contributed by atoms with van der Waals surface area (Å²) in [5.41, 5.74) is 0.913. The SMILES string of the molecule is CC(C)n1cnc2c(Br)n(C)nc2c1=O. The molecule has 0 amide bonds. The van der Waals surface area contributed by atoms with Gasteiger partial charge in [0.15, 0.2) is 5.52 Å². The van der Waals surface area contributed by atoms with Gasteiger partial charge in [-0.05, 0) is 29.8 Å². The van der Waals surface area contributed by atoms with E-state index in [0.717, 1.165) is 4.60 Å². The molecule has 2 heterocycles. The molecule has 80 valence electrons. The number of aromatic nitrogens is 4. The van der Waals surface area contributed by atoms with Gasteiger partial charge in [-0.1, -0.05) is 0 Å². The predicted octanol–water partition coefficient (Wildman–Crippen LogP) is 1.47. The molecule has 0 saturated heterocycles. The summed E-state index contributed by atoms with van der Waals surface area (Å²) in [6.07, 6.45) is 1.56. The van der Waals surface area contributed by atoms with Crippen LogP contribution in [0.25, 0.3) is 11.0 Å². The fourth-order valence-electron chi connectivity index (χ4n) is 1.41. The van der Waals surface area contributed by atoms with Crippen LogP contribution >= 0.6 is 15.9 Å². The van der Waals surface area contributed by atoms with Crippen LogP contribution in [-0.2, 0) is 7.05 Å². The first-order chi connectivity index (χ1) is 7.02. The molecule has 0 atom stereocenters. The van der Waals surface area contributed by atoms with Crippen molar-refractivity contribution in [2.24, 2.45) is 7.05 Å². The molecule has 0 unspecified atom stereocenters. The zero-order valence-electron chi connectivity index (χ0n) is 8.73. The summed E-state index contributed by atoms with van der Waals surface area (Å²) in [5, 5.41) is 4.13. The summed E-state index contributed by atoms with van der Waals surface area (Å²) >= 11 is 3.34. The van der Waals surface area contributed by atoms with Gasteiger partial charge in [-0.25, -0.2) is 4.98 Å². The summed E-state index contributed by atoms with van der Waals surface area (Å²) in [5.74, 6) is 0. The van der Waals surface area contributed by atoms with E-state index in [1.165, 1.54) is 0 Å². The Morgan fingerprint density at radius 2 is 2.07 bits per heavy atom. The average molecular weight is 271 g/mol. The highest BCUT2D eigenvalue weighted by Crippen LogP contribution is 2.18. The molecule has 6 heteroatoms. The summed E-state index contributed by atoms with van der Waals surface area (Å²) in [4.78, 5) is 16.2. The quantitative estimate of drug-likeness (QED) is 0.789. The lowest BCUT2D eigenvalue weighted by Gasteiger charge is -2.07. The number of rotatable bonds is 1. The third kappa shape index (κ3) is 1.49. The molecule has 5 nitrogen and oxygen atoms in total. The number of fused-ring (bicyclic) bond motifs is 1. The second-order valence-electron chi connectivity index (χ2n) is 3.66. The number of hydrogen-bond donors (Lipinski definition) is 0. The lowest BCUT2D eigenvalue weighted by Crippen LogP contribution is -2.22. The van der Waals surface area contributed by atoms with Gasteiger partial charge < -0.3 is 0 Å². The monoisotopic (exact) mass is 270 g/mol. The van der Waals surface area contributed by atoms with E-state index in [2.05, 4.69) is 26.0 Å². The fourth-order valence-corrected chi connectivity index (χ4v) is 1.78. The predicted molar refractivity (Wildman–Crippen MR) is 60.9 cm³/mol. The minimum absolute atomic E-state index is 0.0928. The molecular formula is C9H11BrN4O. The maximum Gasteiger partial charge on any atom is 0.282 e. The van der Waals surface area contributed by atoms with Gasteiger partial charge in [0.05, 0.1) is 6.33 Å². The highest BCUT2D eigenvalue weighted by atomic mass is 79.9. The number of nitrogens with zero attached hydrogens (tertiary/aromatic N) is 4. The molecule has 0 bridgehead atoms. The Hall–Kier alpha value is -1.17. The highest BCUT2D eigenvalue weighted by molar-refractivity contribution is 9.10. The van der Waals surface area contributed by atoms with Gasteiger partial charge in [0.2, 0.25) is 0 Å². The van der Waals surface area contributed by atoms with E-state index in [1.54, 1.807) is 22.6 Å². The Kier molecular flexibility index (Phi) is 2.38. The summed E-state index contributed by atoms with van der Waals surface area (Å²) in [6.45, 7) is 3.87. The van der Waals surface area contributed by atoms with Crippen molar-refractivity contribution in [3.05, 3.63) is 21.3 Å². The first-order valence-corrected chi connectivity index (χ1v) is 5.41. The van der Waals surface area contributed by atoms with E-state index >= 15 is 0 Å². The molecular weight excluding hydrogens is 260 g/mol. The topological polar surface area (TPSA) is 52.7 Å². The van der Waals surface area contributed by atoms with Crippen LogP contribution in [0.3, 0.4) is 0 Å². The molecule has 15 heavy (non-hydrogen) atoms. The summed E-state index contributed by atoms with van der Waals surface area (Å²) < 4.78 is 3.90. The zero-order valence-corrected chi connectivity index (χ0v) is 10.3. The molecule has 2 rings (SSSR count). The standard InChI is InChI=1S/C9H11BrN4O/c1-5(2)14-4-11-6-7(9(14)15)12-13(3)8(6)10/h4-5H,1-3H3. The second-order valence-corrected chi connectivity index (χ2v) is 4.41. The van der Waals surface area contributed by atoms with Crippen LogP contribution in [0.1, 0.15) is 19.9 Å². The first-order valence-electron chi connectivity index (χ1n) is 4.61. The average Bonchev–Trinajstić information content (AvgIpc) is 2.45. The summed E-state index contributed by atoms with van der Waals surface area (Å²) in [7, 11) is 1.77. The van der Waals surface area contributed by atoms with Crippen molar-refractivity contribution in [2.75, 3.05) is 0 Å². The lowest BCUT2D eigenvalue weighted by molar-refractivity contribution is 0.572. The van der Waals surface area contributed by atoms with E-state index in [9.17, 15) is 4.79 Å². The van der Waals surface area contributed by atoms with Gasteiger partial charge in [-0.2, -0.15) is 5.10 Å².